The number of ketones is 1. The molecule has 0 fully saturated rings. The number of carboxylic acid groups (broad SMARTS) is 1. The average molecular weight is 775 g/mol. The van der Waals surface area contributed by atoms with Crippen LogP contribution >= 0.6 is 0 Å². The fraction of sp³-hybridized carbons (Fsp3) is 0.100. The van der Waals surface area contributed by atoms with Gasteiger partial charge in [-0.05, 0) is 76.7 Å². The Balaban J connectivity index is 0.000000173. The zero-order chi connectivity index (χ0) is 41.5. The number of benzene rings is 7. The van der Waals surface area contributed by atoms with Crippen LogP contribution in [0.25, 0.3) is 11.1 Å². The second-order valence-electron chi connectivity index (χ2n) is 13.0. The van der Waals surface area contributed by atoms with Crippen molar-refractivity contribution in [3.63, 3.8) is 0 Å². The third-order valence-electron chi connectivity index (χ3n) is 8.36. The van der Waals surface area contributed by atoms with E-state index in [1.165, 1.54) is 29.7 Å². The number of phenolic OH excluding ortho intramolecular Hbond substituents is 3. The molecule has 0 radical (unpaired) electrons. The molecule has 0 aliphatic carbocycles. The van der Waals surface area contributed by atoms with Gasteiger partial charge in [-0.15, -0.1) is 0 Å². The second-order valence-corrected chi connectivity index (χ2v) is 13.0. The maximum atomic E-state index is 11.3. The lowest BCUT2D eigenvalue weighted by atomic mass is 10.0. The Morgan fingerprint density at radius 1 is 0.466 bits per heavy atom. The number of carbonyl (C=O) groups excluding carboxylic acids is 2. The fourth-order valence-electron chi connectivity index (χ4n) is 5.49. The molecule has 7 rings (SSSR count). The molecule has 0 saturated heterocycles. The Hall–Kier alpha value is -7.45. The number of hydrogen-bond donors (Lipinski definition) is 4. The number of hydrogen-bond acceptors (Lipinski definition) is 7. The summed E-state index contributed by atoms with van der Waals surface area (Å²) in [7, 11) is 0. The topological polar surface area (TPSA) is 141 Å². The molecule has 7 aromatic carbocycles. The lowest BCUT2D eigenvalue weighted by Gasteiger charge is -2.09. The highest BCUT2D eigenvalue weighted by molar-refractivity contribution is 5.97. The lowest BCUT2D eigenvalue weighted by molar-refractivity contribution is -0.137. The normalized spacial score (nSPS) is 9.88. The van der Waals surface area contributed by atoms with Crippen molar-refractivity contribution in [2.45, 2.75) is 32.6 Å². The Labute approximate surface area is 338 Å². The molecule has 0 unspecified atom stereocenters. The van der Waals surface area contributed by atoms with Crippen LogP contribution in [0.3, 0.4) is 0 Å². The number of esters is 1. The van der Waals surface area contributed by atoms with E-state index in [2.05, 4.69) is 12.1 Å². The highest BCUT2D eigenvalue weighted by Gasteiger charge is 2.09. The number of carbonyl (C=O) groups is 3. The van der Waals surface area contributed by atoms with Crippen LogP contribution in [0.2, 0.25) is 0 Å². The summed E-state index contributed by atoms with van der Waals surface area (Å²) in [5.41, 5.74) is 7.25. The van der Waals surface area contributed by atoms with Gasteiger partial charge in [0.25, 0.3) is 0 Å². The van der Waals surface area contributed by atoms with Crippen LogP contribution in [0.4, 0.5) is 0 Å². The van der Waals surface area contributed by atoms with Gasteiger partial charge in [-0.1, -0.05) is 146 Å². The highest BCUT2D eigenvalue weighted by Crippen LogP contribution is 2.26. The number of ether oxygens (including phenoxy) is 1. The largest absolute Gasteiger partial charge is 0.508 e. The fourth-order valence-corrected chi connectivity index (χ4v) is 5.49. The Morgan fingerprint density at radius 2 is 0.897 bits per heavy atom. The molecule has 0 atom stereocenters. The molecular formula is C50H46O8. The quantitative estimate of drug-likeness (QED) is 0.0611. The van der Waals surface area contributed by atoms with E-state index in [0.29, 0.717) is 29.2 Å². The molecule has 8 heteroatoms. The van der Waals surface area contributed by atoms with E-state index in [4.69, 9.17) is 20.1 Å². The predicted octanol–water partition coefficient (Wildman–Crippen LogP) is 10.7. The average Bonchev–Trinajstić information content (AvgIpc) is 3.24. The van der Waals surface area contributed by atoms with Crippen molar-refractivity contribution in [1.82, 2.24) is 0 Å². The molecular weight excluding hydrogens is 729 g/mol. The molecule has 294 valence electrons. The van der Waals surface area contributed by atoms with Crippen molar-refractivity contribution in [3.8, 4) is 34.1 Å². The van der Waals surface area contributed by atoms with Crippen molar-refractivity contribution in [2.24, 2.45) is 0 Å². The number of rotatable bonds is 10. The van der Waals surface area contributed by atoms with Gasteiger partial charge in [0.15, 0.2) is 5.78 Å². The summed E-state index contributed by atoms with van der Waals surface area (Å²) in [5.74, 6) is -0.148. The van der Waals surface area contributed by atoms with Crippen molar-refractivity contribution >= 4 is 17.7 Å². The predicted molar refractivity (Wildman–Crippen MR) is 227 cm³/mol. The van der Waals surface area contributed by atoms with Gasteiger partial charge in [0, 0.05) is 30.9 Å². The Bertz CT molecular complexity index is 2280. The van der Waals surface area contributed by atoms with E-state index in [1.54, 1.807) is 60.7 Å². The van der Waals surface area contributed by atoms with Crippen LogP contribution in [-0.2, 0) is 22.4 Å². The molecule has 0 heterocycles. The first kappa shape index (κ1) is 43.3. The minimum absolute atomic E-state index is 0.0688. The van der Waals surface area contributed by atoms with Crippen LogP contribution in [0.5, 0.6) is 23.0 Å². The van der Waals surface area contributed by atoms with Crippen molar-refractivity contribution in [1.29, 1.82) is 0 Å². The first-order chi connectivity index (χ1) is 28.0. The highest BCUT2D eigenvalue weighted by atomic mass is 16.5. The minimum atomic E-state index is -0.940. The molecule has 0 amide bonds. The zero-order valence-electron chi connectivity index (χ0n) is 32.1. The number of phenols is 3. The van der Waals surface area contributed by atoms with E-state index in [9.17, 15) is 19.5 Å². The van der Waals surface area contributed by atoms with Gasteiger partial charge in [-0.25, -0.2) is 0 Å². The maximum Gasteiger partial charge on any atom is 0.308 e. The SMILES string of the molecule is CC(=O)Oc1ccc(O)cc1Cc1ccccc1.O=C(O)CCC(=O)c1ccccc1.Oc1ccc(-c2ccccc2)cc1.Oc1ccc(Cc2ccccc2)cc1. The van der Waals surface area contributed by atoms with Crippen LogP contribution in [0.15, 0.2) is 188 Å². The molecule has 0 spiro atoms. The molecule has 4 N–H and O–H groups in total. The lowest BCUT2D eigenvalue weighted by Crippen LogP contribution is -2.04. The second kappa shape index (κ2) is 23.5. The van der Waals surface area contributed by atoms with Gasteiger partial charge < -0.3 is 25.2 Å². The molecule has 0 aromatic heterocycles. The first-order valence-electron chi connectivity index (χ1n) is 18.6. The van der Waals surface area contributed by atoms with Crippen molar-refractivity contribution in [3.05, 3.63) is 216 Å². The summed E-state index contributed by atoms with van der Waals surface area (Å²) in [6.45, 7) is 1.36. The van der Waals surface area contributed by atoms with E-state index in [1.807, 2.05) is 109 Å². The van der Waals surface area contributed by atoms with Gasteiger partial charge in [0.05, 0.1) is 6.42 Å². The molecule has 0 bridgehead atoms. The van der Waals surface area contributed by atoms with Crippen LogP contribution in [0, 0.1) is 0 Å². The van der Waals surface area contributed by atoms with Crippen LogP contribution < -0.4 is 4.74 Å². The van der Waals surface area contributed by atoms with E-state index >= 15 is 0 Å². The van der Waals surface area contributed by atoms with Gasteiger partial charge in [0.1, 0.15) is 23.0 Å². The molecule has 0 aliphatic rings. The third kappa shape index (κ3) is 16.1. The summed E-state index contributed by atoms with van der Waals surface area (Å²) in [6.07, 6.45) is 1.49. The van der Waals surface area contributed by atoms with Gasteiger partial charge in [0.2, 0.25) is 0 Å². The summed E-state index contributed by atoms with van der Waals surface area (Å²) in [5, 5.41) is 36.1. The van der Waals surface area contributed by atoms with Gasteiger partial charge in [-0.2, -0.15) is 0 Å². The number of aliphatic carboxylic acids is 1. The van der Waals surface area contributed by atoms with Crippen molar-refractivity contribution < 1.29 is 39.5 Å². The van der Waals surface area contributed by atoms with Gasteiger partial charge >= 0.3 is 11.9 Å². The monoisotopic (exact) mass is 774 g/mol. The first-order valence-corrected chi connectivity index (χ1v) is 18.6. The molecule has 8 nitrogen and oxygen atoms in total. The molecule has 0 aliphatic heterocycles. The van der Waals surface area contributed by atoms with Crippen LogP contribution in [-0.4, -0.2) is 38.1 Å². The van der Waals surface area contributed by atoms with Crippen LogP contribution in [0.1, 0.15) is 52.4 Å². The summed E-state index contributed by atoms with van der Waals surface area (Å²) in [6, 6.07) is 58.2. The Kier molecular flexibility index (Phi) is 17.5. The zero-order valence-corrected chi connectivity index (χ0v) is 32.1. The van der Waals surface area contributed by atoms with Crippen molar-refractivity contribution in [2.75, 3.05) is 0 Å². The maximum absolute atomic E-state index is 11.3. The smallest absolute Gasteiger partial charge is 0.308 e. The van der Waals surface area contributed by atoms with E-state index in [-0.39, 0.29) is 30.3 Å². The number of aromatic hydroxyl groups is 3. The van der Waals surface area contributed by atoms with Gasteiger partial charge in [-0.3, -0.25) is 14.4 Å². The summed E-state index contributed by atoms with van der Waals surface area (Å²) >= 11 is 0. The number of Topliss-reactive ketones (excluding diaryl/α,β-unsaturated/α-hetero) is 1. The molecule has 0 saturated carbocycles. The van der Waals surface area contributed by atoms with E-state index < -0.39 is 5.97 Å². The summed E-state index contributed by atoms with van der Waals surface area (Å²) < 4.78 is 5.12. The summed E-state index contributed by atoms with van der Waals surface area (Å²) in [4.78, 5) is 32.5. The Morgan fingerprint density at radius 3 is 1.41 bits per heavy atom. The molecule has 7 aromatic rings. The molecule has 58 heavy (non-hydrogen) atoms. The minimum Gasteiger partial charge on any atom is -0.508 e. The van der Waals surface area contributed by atoms with E-state index in [0.717, 1.165) is 23.1 Å². The number of carboxylic acids is 1. The third-order valence-corrected chi connectivity index (χ3v) is 8.36. The standard InChI is InChI=1S/C15H14O3.C13H12O.C12H10O.C10H10O3/c1-11(16)18-15-8-7-14(17)10-13(15)9-12-5-3-2-4-6-12;14-13-8-6-12(7-9-13)10-11-4-2-1-3-5-11;13-12-8-6-11(7-9-12)10-4-2-1-3-5-10;11-9(6-7-10(12)13)8-4-2-1-3-5-8/h2-8,10,17H,9H2,1H3;1-9,14H,10H2;1-9,13H;1-5H,6-7H2,(H,12,13).